The van der Waals surface area contributed by atoms with Gasteiger partial charge in [0, 0.05) is 26.2 Å². The van der Waals surface area contributed by atoms with Crippen LogP contribution in [0.15, 0.2) is 68.2 Å². The second kappa shape index (κ2) is 26.4. The Hall–Kier alpha value is -2.80. The molecule has 4 heteroatoms. The average Bonchev–Trinajstić information content (AvgIpc) is 3.53. The predicted molar refractivity (Wildman–Crippen MR) is 181 cm³/mol. The van der Waals surface area contributed by atoms with E-state index in [9.17, 15) is 0 Å². The Kier molecular flexibility index (Phi) is 26.0. The van der Waals surface area contributed by atoms with Crippen LogP contribution in [0, 0.1) is 23.2 Å². The molecule has 40 heavy (non-hydrogen) atoms. The first-order valence-corrected chi connectivity index (χ1v) is 15.5. The zero-order valence-electron chi connectivity index (χ0n) is 27.7. The second-order valence-corrected chi connectivity index (χ2v) is 10.1. The van der Waals surface area contributed by atoms with Crippen molar-refractivity contribution in [1.29, 1.82) is 5.26 Å². The molecule has 0 spiro atoms. The van der Waals surface area contributed by atoms with Gasteiger partial charge in [-0.1, -0.05) is 115 Å². The van der Waals surface area contributed by atoms with E-state index in [1.807, 2.05) is 33.9 Å². The molecule has 0 amide bonds. The van der Waals surface area contributed by atoms with Crippen molar-refractivity contribution in [2.75, 3.05) is 14.1 Å². The molecule has 1 aliphatic rings. The summed E-state index contributed by atoms with van der Waals surface area (Å²) < 4.78 is 0. The molecule has 224 valence electrons. The van der Waals surface area contributed by atoms with Gasteiger partial charge in [0.05, 0.1) is 17.5 Å². The summed E-state index contributed by atoms with van der Waals surface area (Å²) in [5.41, 5.74) is 6.72. The standard InChI is InChI=1S/C20H28N2.C12H21N.C2H5N.C2H6/c1-7-12-19(18-13-10-9-11-14-18)22-20(17(5)21-6)16(4)15(3)8-2;1-2-3-6-12(9-10-13)11-7-4-5-8-11;1-3-2;1-2/h8-11,13-14H,7,12H2,1-6H3;11-12H,2-9H2,1H3;1H2,2H3;1-2H3/b15-8+,20-16-,21-17?,22-19?;;;. The van der Waals surface area contributed by atoms with Crippen LogP contribution in [0.2, 0.25) is 0 Å². The predicted octanol–water partition coefficient (Wildman–Crippen LogP) is 10.8. The summed E-state index contributed by atoms with van der Waals surface area (Å²) in [6.07, 6.45) is 14.4. The monoisotopic (exact) mass is 548 g/mol. The quantitative estimate of drug-likeness (QED) is 0.200. The zero-order valence-corrected chi connectivity index (χ0v) is 27.7. The maximum absolute atomic E-state index is 8.75. The largest absolute Gasteiger partial charge is 0.304 e. The lowest BCUT2D eigenvalue weighted by molar-refractivity contribution is 0.316. The highest BCUT2D eigenvalue weighted by Crippen LogP contribution is 2.35. The molecule has 0 heterocycles. The number of unbranched alkanes of at least 4 members (excludes halogenated alkanes) is 1. The van der Waals surface area contributed by atoms with Gasteiger partial charge in [-0.05, 0) is 70.2 Å². The van der Waals surface area contributed by atoms with E-state index in [1.54, 1.807) is 7.05 Å². The van der Waals surface area contributed by atoms with Gasteiger partial charge < -0.3 is 4.99 Å². The molecule has 0 bridgehead atoms. The van der Waals surface area contributed by atoms with Gasteiger partial charge in [-0.3, -0.25) is 9.98 Å². The maximum Gasteiger partial charge on any atom is 0.0872 e. The summed E-state index contributed by atoms with van der Waals surface area (Å²) in [5.74, 6) is 1.60. The molecular formula is C36H60N4. The van der Waals surface area contributed by atoms with Crippen molar-refractivity contribution < 1.29 is 0 Å². The highest BCUT2D eigenvalue weighted by molar-refractivity contribution is 6.06. The van der Waals surface area contributed by atoms with Crippen LogP contribution in [0.5, 0.6) is 0 Å². The highest BCUT2D eigenvalue weighted by Gasteiger charge is 2.24. The molecule has 1 fully saturated rings. The fraction of sp³-hybridized carbons (Fsp3) is 0.611. The van der Waals surface area contributed by atoms with Gasteiger partial charge in [-0.15, -0.1) is 0 Å². The number of rotatable bonds is 11. The van der Waals surface area contributed by atoms with Crippen LogP contribution >= 0.6 is 0 Å². The zero-order chi connectivity index (χ0) is 30.8. The van der Waals surface area contributed by atoms with Crippen molar-refractivity contribution in [3.8, 4) is 6.07 Å². The Morgan fingerprint density at radius 3 is 2.08 bits per heavy atom. The first-order chi connectivity index (χ1) is 19.3. The lowest BCUT2D eigenvalue weighted by atomic mass is 9.85. The summed E-state index contributed by atoms with van der Waals surface area (Å²) in [7, 11) is 3.46. The SMILES string of the molecule is C/C=C(C)/C(C)=C(\N=C(CCC)c1ccccc1)C(C)=NC.C=NC.CC.CCCCC(CC#N)C1CCCC1. The molecule has 0 aromatic heterocycles. The van der Waals surface area contributed by atoms with Gasteiger partial charge in [0.1, 0.15) is 0 Å². The molecular weight excluding hydrogens is 488 g/mol. The van der Waals surface area contributed by atoms with Crippen molar-refractivity contribution in [3.63, 3.8) is 0 Å². The van der Waals surface area contributed by atoms with Crippen LogP contribution in [-0.2, 0) is 0 Å². The van der Waals surface area contributed by atoms with Crippen LogP contribution in [-0.4, -0.2) is 32.2 Å². The molecule has 1 atom stereocenters. The fourth-order valence-electron chi connectivity index (χ4n) is 4.73. The van der Waals surface area contributed by atoms with Crippen molar-refractivity contribution in [3.05, 3.63) is 58.8 Å². The average molecular weight is 549 g/mol. The van der Waals surface area contributed by atoms with Crippen molar-refractivity contribution >= 4 is 18.1 Å². The van der Waals surface area contributed by atoms with Crippen LogP contribution < -0.4 is 0 Å². The maximum atomic E-state index is 8.75. The number of nitriles is 1. The van der Waals surface area contributed by atoms with E-state index >= 15 is 0 Å². The number of allylic oxidation sites excluding steroid dienone is 4. The Morgan fingerprint density at radius 1 is 1.05 bits per heavy atom. The molecule has 0 radical (unpaired) electrons. The third-order valence-electron chi connectivity index (χ3n) is 7.25. The van der Waals surface area contributed by atoms with E-state index in [4.69, 9.17) is 10.3 Å². The first-order valence-electron chi connectivity index (χ1n) is 15.5. The van der Waals surface area contributed by atoms with E-state index in [0.717, 1.165) is 42.3 Å². The molecule has 2 rings (SSSR count). The summed E-state index contributed by atoms with van der Waals surface area (Å²) in [6, 6.07) is 12.8. The summed E-state index contributed by atoms with van der Waals surface area (Å²) in [4.78, 5) is 12.6. The second-order valence-electron chi connectivity index (χ2n) is 10.1. The summed E-state index contributed by atoms with van der Waals surface area (Å²) >= 11 is 0. The molecule has 1 aliphatic carbocycles. The van der Waals surface area contributed by atoms with Gasteiger partial charge in [0.15, 0.2) is 0 Å². The van der Waals surface area contributed by atoms with E-state index in [1.165, 1.54) is 61.7 Å². The minimum atomic E-state index is 0.715. The van der Waals surface area contributed by atoms with Crippen LogP contribution in [0.1, 0.15) is 125 Å². The number of hydrogen-bond acceptors (Lipinski definition) is 4. The molecule has 0 aliphatic heterocycles. The fourth-order valence-corrected chi connectivity index (χ4v) is 4.73. The molecule has 1 aromatic rings. The molecule has 0 N–H and O–H groups in total. The smallest absolute Gasteiger partial charge is 0.0872 e. The molecule has 0 saturated heterocycles. The van der Waals surface area contributed by atoms with E-state index < -0.39 is 0 Å². The van der Waals surface area contributed by atoms with Crippen molar-refractivity contribution in [2.45, 2.75) is 120 Å². The topological polar surface area (TPSA) is 60.9 Å². The Balaban J connectivity index is 0. The minimum Gasteiger partial charge on any atom is -0.304 e. The Labute approximate surface area is 248 Å². The first kappa shape index (κ1) is 39.3. The Bertz CT molecular complexity index is 939. The molecule has 1 aromatic carbocycles. The molecule has 1 unspecified atom stereocenters. The van der Waals surface area contributed by atoms with Crippen LogP contribution in [0.3, 0.4) is 0 Å². The number of hydrogen-bond donors (Lipinski definition) is 0. The summed E-state index contributed by atoms with van der Waals surface area (Å²) in [6.45, 7) is 19.9. The van der Waals surface area contributed by atoms with Crippen LogP contribution in [0.25, 0.3) is 0 Å². The van der Waals surface area contributed by atoms with Crippen LogP contribution in [0.4, 0.5) is 0 Å². The van der Waals surface area contributed by atoms with Crippen molar-refractivity contribution in [2.24, 2.45) is 26.8 Å². The van der Waals surface area contributed by atoms with Gasteiger partial charge in [-0.2, -0.15) is 5.26 Å². The number of nitrogens with zero attached hydrogens (tertiary/aromatic N) is 4. The van der Waals surface area contributed by atoms with Gasteiger partial charge in [0.25, 0.3) is 0 Å². The lowest BCUT2D eigenvalue weighted by Crippen LogP contribution is -2.11. The number of aliphatic imine (C=N–C) groups is 3. The Morgan fingerprint density at radius 2 is 1.62 bits per heavy atom. The van der Waals surface area contributed by atoms with Gasteiger partial charge in [0.2, 0.25) is 0 Å². The van der Waals surface area contributed by atoms with E-state index in [2.05, 4.69) is 87.7 Å². The third-order valence-corrected chi connectivity index (χ3v) is 7.25. The van der Waals surface area contributed by atoms with E-state index in [-0.39, 0.29) is 0 Å². The lowest BCUT2D eigenvalue weighted by Gasteiger charge is -2.20. The minimum absolute atomic E-state index is 0.715. The third kappa shape index (κ3) is 16.3. The van der Waals surface area contributed by atoms with Gasteiger partial charge in [-0.25, -0.2) is 0 Å². The number of benzene rings is 1. The molecule has 1 saturated carbocycles. The normalized spacial score (nSPS) is 15.2. The van der Waals surface area contributed by atoms with E-state index in [0.29, 0.717) is 5.92 Å². The highest BCUT2D eigenvalue weighted by atomic mass is 14.8. The molecule has 4 nitrogen and oxygen atoms in total. The van der Waals surface area contributed by atoms with Gasteiger partial charge >= 0.3 is 0 Å². The summed E-state index contributed by atoms with van der Waals surface area (Å²) in [5, 5.41) is 8.75. The van der Waals surface area contributed by atoms with Crippen molar-refractivity contribution in [1.82, 2.24) is 0 Å².